The second-order valence-electron chi connectivity index (χ2n) is 6.54. The maximum absolute atomic E-state index is 6.06. The van der Waals surface area contributed by atoms with Crippen LogP contribution in [0.3, 0.4) is 0 Å². The Hall–Kier alpha value is -2.94. The number of nitrogens with zero attached hydrogens (tertiary/aromatic N) is 3. The lowest BCUT2D eigenvalue weighted by molar-refractivity contribution is 0.297. The molecule has 5 rings (SSSR count). The number of aromatic nitrogens is 2. The lowest BCUT2D eigenvalue weighted by Gasteiger charge is -2.25. The second-order valence-corrected chi connectivity index (χ2v) is 7.46. The molecule has 0 saturated carbocycles. The first kappa shape index (κ1) is 17.2. The summed E-state index contributed by atoms with van der Waals surface area (Å²) in [6.45, 7) is 1.24. The van der Waals surface area contributed by atoms with Crippen LogP contribution in [-0.2, 0) is 0 Å². The van der Waals surface area contributed by atoms with Crippen molar-refractivity contribution in [2.24, 2.45) is 10.7 Å². The highest BCUT2D eigenvalue weighted by Gasteiger charge is 2.29. The van der Waals surface area contributed by atoms with Gasteiger partial charge in [-0.25, -0.2) is 9.98 Å². The lowest BCUT2D eigenvalue weighted by Crippen LogP contribution is -2.31. The van der Waals surface area contributed by atoms with Gasteiger partial charge < -0.3 is 19.9 Å². The van der Waals surface area contributed by atoms with E-state index in [0.717, 1.165) is 27.5 Å². The fraction of sp³-hybridized carbons (Fsp3) is 0.263. The molecule has 1 aromatic heterocycles. The topological polar surface area (TPSA) is 95.9 Å². The van der Waals surface area contributed by atoms with Crippen LogP contribution in [-0.4, -0.2) is 35.8 Å². The Morgan fingerprint density at radius 1 is 1.21 bits per heavy atom. The molecular formula is C19H18BrN5O3. The van der Waals surface area contributed by atoms with Crippen LogP contribution in [0.1, 0.15) is 18.2 Å². The molecule has 8 nitrogen and oxygen atoms in total. The molecule has 3 N–H and O–H groups in total. The van der Waals surface area contributed by atoms with Crippen LogP contribution in [0.15, 0.2) is 39.8 Å². The van der Waals surface area contributed by atoms with E-state index in [4.69, 9.17) is 24.9 Å². The van der Waals surface area contributed by atoms with E-state index in [-0.39, 0.29) is 0 Å². The van der Waals surface area contributed by atoms with Gasteiger partial charge in [-0.2, -0.15) is 0 Å². The number of aliphatic imine (C=N–C) groups is 1. The van der Waals surface area contributed by atoms with Gasteiger partial charge in [0.15, 0.2) is 23.6 Å². The highest BCUT2D eigenvalue weighted by Crippen LogP contribution is 2.41. The van der Waals surface area contributed by atoms with Crippen molar-refractivity contribution >= 4 is 38.9 Å². The van der Waals surface area contributed by atoms with E-state index >= 15 is 0 Å². The molecule has 0 bridgehead atoms. The molecule has 0 spiro atoms. The summed E-state index contributed by atoms with van der Waals surface area (Å²) in [7, 11) is 1.64. The summed E-state index contributed by atoms with van der Waals surface area (Å²) in [5.41, 5.74) is 8.57. The third-order valence-corrected chi connectivity index (χ3v) is 5.27. The van der Waals surface area contributed by atoms with Gasteiger partial charge in [0, 0.05) is 28.6 Å². The van der Waals surface area contributed by atoms with Crippen molar-refractivity contribution in [2.75, 3.05) is 25.6 Å². The largest absolute Gasteiger partial charge is 0.496 e. The van der Waals surface area contributed by atoms with Crippen LogP contribution in [0.25, 0.3) is 11.0 Å². The van der Waals surface area contributed by atoms with Crippen molar-refractivity contribution in [2.45, 2.75) is 12.6 Å². The molecule has 2 aliphatic heterocycles. The molecule has 0 amide bonds. The first-order chi connectivity index (χ1) is 13.6. The Morgan fingerprint density at radius 2 is 2.00 bits per heavy atom. The minimum Gasteiger partial charge on any atom is -0.496 e. The number of imidazole rings is 1. The fourth-order valence-corrected chi connectivity index (χ4v) is 3.92. The number of nitrogens with two attached hydrogens (primary N) is 1. The molecule has 9 heteroatoms. The molecular weight excluding hydrogens is 426 g/mol. The molecule has 1 unspecified atom stereocenters. The third-order valence-electron chi connectivity index (χ3n) is 4.77. The fourth-order valence-electron chi connectivity index (χ4n) is 3.54. The highest BCUT2D eigenvalue weighted by molar-refractivity contribution is 9.10. The minimum atomic E-state index is -0.432. The average molecular weight is 444 g/mol. The molecule has 0 saturated heterocycles. The van der Waals surface area contributed by atoms with Crippen molar-refractivity contribution in [1.29, 1.82) is 0 Å². The Balaban J connectivity index is 1.74. The van der Waals surface area contributed by atoms with E-state index in [1.165, 1.54) is 0 Å². The number of anilines is 1. The zero-order chi connectivity index (χ0) is 19.3. The molecule has 0 fully saturated rings. The summed E-state index contributed by atoms with van der Waals surface area (Å²) in [5, 5.41) is 3.05. The monoisotopic (exact) mass is 443 g/mol. The van der Waals surface area contributed by atoms with E-state index in [1.807, 2.05) is 34.9 Å². The van der Waals surface area contributed by atoms with Gasteiger partial charge in [0.1, 0.15) is 5.75 Å². The Kier molecular flexibility index (Phi) is 4.04. The number of nitrogens with one attached hydrogen (secondary N) is 1. The lowest BCUT2D eigenvalue weighted by atomic mass is 10.1. The number of rotatable bonds is 2. The molecule has 3 heterocycles. The molecule has 2 aliphatic rings. The van der Waals surface area contributed by atoms with Gasteiger partial charge in [0.05, 0.1) is 31.4 Å². The van der Waals surface area contributed by atoms with Crippen LogP contribution >= 0.6 is 15.9 Å². The maximum atomic E-state index is 6.06. The van der Waals surface area contributed by atoms with E-state index in [1.54, 1.807) is 7.11 Å². The summed E-state index contributed by atoms with van der Waals surface area (Å²) in [5.74, 6) is 3.02. The summed E-state index contributed by atoms with van der Waals surface area (Å²) < 4.78 is 20.1. The summed E-state index contributed by atoms with van der Waals surface area (Å²) in [6, 6.07) is 9.64. The SMILES string of the molecule is COc1ccc(Br)cc1C1N=C(N)Nc2nc3cc4c(cc3n21)OCCCO4. The molecule has 1 atom stereocenters. The standard InChI is InChI=1S/C19H18BrN5O3/c1-26-14-4-3-10(20)7-11(14)17-23-18(21)24-19-22-12-8-15-16(9-13(12)25(17)19)28-6-2-5-27-15/h3-4,7-9,17H,2,5-6H2,1H3,(H3,21,22,23,24). The number of fused-ring (bicyclic) bond motifs is 4. The predicted molar refractivity (Wildman–Crippen MR) is 109 cm³/mol. The van der Waals surface area contributed by atoms with Crippen LogP contribution in [0, 0.1) is 0 Å². The normalized spacial score (nSPS) is 18.1. The van der Waals surface area contributed by atoms with Crippen LogP contribution in [0.4, 0.5) is 5.95 Å². The number of hydrogen-bond donors (Lipinski definition) is 2. The number of guanidine groups is 1. The van der Waals surface area contributed by atoms with Crippen molar-refractivity contribution in [3.05, 3.63) is 40.4 Å². The average Bonchev–Trinajstić information content (AvgIpc) is 2.87. The molecule has 0 aliphatic carbocycles. The smallest absolute Gasteiger partial charge is 0.212 e. The molecule has 3 aromatic rings. The Bertz CT molecular complexity index is 1110. The first-order valence-corrected chi connectivity index (χ1v) is 9.68. The van der Waals surface area contributed by atoms with Crippen molar-refractivity contribution < 1.29 is 14.2 Å². The predicted octanol–water partition coefficient (Wildman–Crippen LogP) is 3.26. The zero-order valence-corrected chi connectivity index (χ0v) is 16.7. The molecule has 144 valence electrons. The van der Waals surface area contributed by atoms with E-state index in [2.05, 4.69) is 26.2 Å². The molecule has 2 aromatic carbocycles. The summed E-state index contributed by atoms with van der Waals surface area (Å²) in [6.07, 6.45) is 0.413. The van der Waals surface area contributed by atoms with Gasteiger partial charge in [-0.3, -0.25) is 9.88 Å². The van der Waals surface area contributed by atoms with Crippen LogP contribution in [0.5, 0.6) is 17.2 Å². The minimum absolute atomic E-state index is 0.295. The van der Waals surface area contributed by atoms with Gasteiger partial charge in [0.25, 0.3) is 0 Å². The van der Waals surface area contributed by atoms with Gasteiger partial charge in [0.2, 0.25) is 5.95 Å². The third kappa shape index (κ3) is 2.73. The Morgan fingerprint density at radius 3 is 2.79 bits per heavy atom. The number of halogens is 1. The number of benzene rings is 2. The van der Waals surface area contributed by atoms with Gasteiger partial charge in [-0.05, 0) is 18.2 Å². The van der Waals surface area contributed by atoms with Gasteiger partial charge >= 0.3 is 0 Å². The summed E-state index contributed by atoms with van der Waals surface area (Å²) >= 11 is 3.53. The number of ether oxygens (including phenoxy) is 3. The van der Waals surface area contributed by atoms with E-state index < -0.39 is 6.17 Å². The second kappa shape index (κ2) is 6.59. The number of hydrogen-bond acceptors (Lipinski definition) is 7. The van der Waals surface area contributed by atoms with Crippen molar-refractivity contribution in [3.63, 3.8) is 0 Å². The van der Waals surface area contributed by atoms with E-state index in [0.29, 0.717) is 42.4 Å². The quantitative estimate of drug-likeness (QED) is 0.630. The summed E-state index contributed by atoms with van der Waals surface area (Å²) in [4.78, 5) is 9.33. The zero-order valence-electron chi connectivity index (χ0n) is 15.1. The Labute approximate surface area is 169 Å². The van der Waals surface area contributed by atoms with Gasteiger partial charge in [-0.1, -0.05) is 15.9 Å². The highest BCUT2D eigenvalue weighted by atomic mass is 79.9. The van der Waals surface area contributed by atoms with Crippen molar-refractivity contribution in [3.8, 4) is 17.2 Å². The molecule has 0 radical (unpaired) electrons. The maximum Gasteiger partial charge on any atom is 0.212 e. The number of methoxy groups -OCH3 is 1. The first-order valence-electron chi connectivity index (χ1n) is 8.89. The van der Waals surface area contributed by atoms with E-state index in [9.17, 15) is 0 Å². The van der Waals surface area contributed by atoms with Crippen LogP contribution < -0.4 is 25.3 Å². The van der Waals surface area contributed by atoms with Gasteiger partial charge in [-0.15, -0.1) is 0 Å². The van der Waals surface area contributed by atoms with Crippen LogP contribution in [0.2, 0.25) is 0 Å². The van der Waals surface area contributed by atoms with Crippen molar-refractivity contribution in [1.82, 2.24) is 9.55 Å². The molecule has 28 heavy (non-hydrogen) atoms.